The van der Waals surface area contributed by atoms with Gasteiger partial charge in [-0.2, -0.15) is 0 Å². The molecule has 1 aromatic carbocycles. The second-order valence-corrected chi connectivity index (χ2v) is 8.68. The first-order valence-corrected chi connectivity index (χ1v) is 10.3. The van der Waals surface area contributed by atoms with Crippen LogP contribution < -0.4 is 9.47 Å². The minimum Gasteiger partial charge on any atom is -0.493 e. The highest BCUT2D eigenvalue weighted by Crippen LogP contribution is 2.44. The average Bonchev–Trinajstić information content (AvgIpc) is 2.97. The van der Waals surface area contributed by atoms with Crippen LogP contribution in [0.3, 0.4) is 0 Å². The van der Waals surface area contributed by atoms with E-state index in [4.69, 9.17) is 14.2 Å². The quantitative estimate of drug-likeness (QED) is 0.658. The molecule has 7 nitrogen and oxygen atoms in total. The number of thioether (sulfide) groups is 1. The van der Waals surface area contributed by atoms with E-state index in [1.54, 1.807) is 38.2 Å². The Kier molecular flexibility index (Phi) is 6.21. The maximum Gasteiger partial charge on any atom is 0.338 e. The number of hydrogen-bond donors (Lipinski definition) is 0. The summed E-state index contributed by atoms with van der Waals surface area (Å²) in [5.41, 5.74) is 1.65. The lowest BCUT2D eigenvalue weighted by Gasteiger charge is -2.33. The Bertz CT molecular complexity index is 893. The number of methoxy groups -OCH3 is 2. The van der Waals surface area contributed by atoms with E-state index in [1.165, 1.54) is 11.8 Å². The molecule has 0 spiro atoms. The van der Waals surface area contributed by atoms with Gasteiger partial charge in [-0.05, 0) is 37.5 Å². The number of carbonyl (C=O) groups excluding carboxylic acids is 2. The zero-order chi connectivity index (χ0) is 21.3. The SMILES string of the molecule is COc1ccc([C@@H]2C(C(=O)OCC(C)C)=C(C)N=C3S[C@@H](C)C(=O)N32)cc1OC. The lowest BCUT2D eigenvalue weighted by atomic mass is 9.94. The molecule has 29 heavy (non-hydrogen) atoms. The van der Waals surface area contributed by atoms with Gasteiger partial charge in [0.1, 0.15) is 0 Å². The third-order valence-corrected chi connectivity index (χ3v) is 5.80. The van der Waals surface area contributed by atoms with E-state index >= 15 is 0 Å². The van der Waals surface area contributed by atoms with Gasteiger partial charge in [0.2, 0.25) is 5.91 Å². The molecule has 0 aliphatic carbocycles. The zero-order valence-corrected chi connectivity index (χ0v) is 18.3. The molecule has 156 valence electrons. The van der Waals surface area contributed by atoms with E-state index in [9.17, 15) is 9.59 Å². The number of amides is 1. The molecule has 0 saturated carbocycles. The van der Waals surface area contributed by atoms with Crippen LogP contribution >= 0.6 is 11.8 Å². The third kappa shape index (κ3) is 3.99. The van der Waals surface area contributed by atoms with E-state index in [-0.39, 0.29) is 17.1 Å². The van der Waals surface area contributed by atoms with Crippen molar-refractivity contribution in [3.05, 3.63) is 35.0 Å². The molecule has 1 aromatic rings. The summed E-state index contributed by atoms with van der Waals surface area (Å²) in [6.07, 6.45) is 0. The van der Waals surface area contributed by atoms with Crippen molar-refractivity contribution in [2.75, 3.05) is 20.8 Å². The average molecular weight is 419 g/mol. The first kappa shape index (κ1) is 21.2. The van der Waals surface area contributed by atoms with Crippen molar-refractivity contribution in [2.24, 2.45) is 10.9 Å². The van der Waals surface area contributed by atoms with Crippen LogP contribution in [0, 0.1) is 5.92 Å². The standard InChI is InChI=1S/C21H26N2O5S/c1-11(2)10-28-20(25)17-12(3)22-21-23(19(24)13(4)29-21)18(17)14-7-8-15(26-5)16(9-14)27-6/h7-9,11,13,18H,10H2,1-6H3/t13-,18+/m0/s1. The molecule has 0 N–H and O–H groups in total. The summed E-state index contributed by atoms with van der Waals surface area (Å²) in [6.45, 7) is 7.85. The molecule has 1 amide bonds. The van der Waals surface area contributed by atoms with Crippen molar-refractivity contribution in [2.45, 2.75) is 39.0 Å². The smallest absolute Gasteiger partial charge is 0.338 e. The van der Waals surface area contributed by atoms with Gasteiger partial charge in [0.15, 0.2) is 16.7 Å². The zero-order valence-electron chi connectivity index (χ0n) is 17.5. The van der Waals surface area contributed by atoms with E-state index in [0.717, 1.165) is 5.56 Å². The van der Waals surface area contributed by atoms with E-state index < -0.39 is 12.0 Å². The second-order valence-electron chi connectivity index (χ2n) is 7.37. The van der Waals surface area contributed by atoms with Crippen LogP contribution in [-0.2, 0) is 14.3 Å². The van der Waals surface area contributed by atoms with Gasteiger partial charge in [0, 0.05) is 0 Å². The molecule has 0 unspecified atom stereocenters. The molecule has 0 aromatic heterocycles. The van der Waals surface area contributed by atoms with Crippen molar-refractivity contribution in [1.29, 1.82) is 0 Å². The van der Waals surface area contributed by atoms with Crippen LogP contribution in [0.5, 0.6) is 11.5 Å². The molecule has 2 atom stereocenters. The largest absolute Gasteiger partial charge is 0.493 e. The van der Waals surface area contributed by atoms with Crippen molar-refractivity contribution in [3.63, 3.8) is 0 Å². The molecule has 1 fully saturated rings. The highest BCUT2D eigenvalue weighted by atomic mass is 32.2. The Balaban J connectivity index is 2.11. The topological polar surface area (TPSA) is 77.4 Å². The van der Waals surface area contributed by atoms with E-state index in [1.807, 2.05) is 26.8 Å². The maximum atomic E-state index is 13.0. The fourth-order valence-corrected chi connectivity index (χ4v) is 4.35. The fraction of sp³-hybridized carbons (Fsp3) is 0.476. The monoisotopic (exact) mass is 418 g/mol. The van der Waals surface area contributed by atoms with Gasteiger partial charge in [0.05, 0.1) is 43.4 Å². The van der Waals surface area contributed by atoms with E-state index in [0.29, 0.717) is 34.5 Å². The summed E-state index contributed by atoms with van der Waals surface area (Å²) in [4.78, 5) is 32.1. The summed E-state index contributed by atoms with van der Waals surface area (Å²) in [7, 11) is 3.11. The Morgan fingerprint density at radius 2 is 1.93 bits per heavy atom. The number of benzene rings is 1. The Labute approximate surface area is 175 Å². The predicted molar refractivity (Wildman–Crippen MR) is 112 cm³/mol. The van der Waals surface area contributed by atoms with Crippen molar-refractivity contribution < 1.29 is 23.8 Å². The number of esters is 1. The number of rotatable bonds is 6. The highest BCUT2D eigenvalue weighted by molar-refractivity contribution is 8.15. The normalized spacial score (nSPS) is 21.3. The molecule has 1 saturated heterocycles. The number of nitrogens with zero attached hydrogens (tertiary/aromatic N) is 2. The van der Waals surface area contributed by atoms with Gasteiger partial charge in [-0.3, -0.25) is 9.69 Å². The highest BCUT2D eigenvalue weighted by Gasteiger charge is 2.46. The minimum absolute atomic E-state index is 0.0878. The molecule has 2 aliphatic rings. The summed E-state index contributed by atoms with van der Waals surface area (Å²) < 4.78 is 16.3. The molecule has 2 aliphatic heterocycles. The van der Waals surface area contributed by atoms with Gasteiger partial charge in [-0.25, -0.2) is 9.79 Å². The number of ether oxygens (including phenoxy) is 3. The van der Waals surface area contributed by atoms with Crippen molar-refractivity contribution in [1.82, 2.24) is 4.90 Å². The first-order chi connectivity index (χ1) is 13.8. The molecule has 0 radical (unpaired) electrons. The summed E-state index contributed by atoms with van der Waals surface area (Å²) in [6, 6.07) is 4.75. The second kappa shape index (κ2) is 8.49. The van der Waals surface area contributed by atoms with Gasteiger partial charge in [-0.15, -0.1) is 0 Å². The Morgan fingerprint density at radius 1 is 1.24 bits per heavy atom. The summed E-state index contributed by atoms with van der Waals surface area (Å²) in [5, 5.41) is 0.329. The first-order valence-electron chi connectivity index (χ1n) is 9.46. The van der Waals surface area contributed by atoms with Crippen LogP contribution in [0.15, 0.2) is 34.5 Å². The van der Waals surface area contributed by atoms with Crippen molar-refractivity contribution >= 4 is 28.8 Å². The van der Waals surface area contributed by atoms with Crippen molar-refractivity contribution in [3.8, 4) is 11.5 Å². The van der Waals surface area contributed by atoms with Crippen LogP contribution in [0.4, 0.5) is 0 Å². The van der Waals surface area contributed by atoms with Gasteiger partial charge < -0.3 is 14.2 Å². The van der Waals surface area contributed by atoms with Gasteiger partial charge >= 0.3 is 5.97 Å². The Hall–Kier alpha value is -2.48. The maximum absolute atomic E-state index is 13.0. The number of fused-ring (bicyclic) bond motifs is 1. The third-order valence-electron chi connectivity index (χ3n) is 4.75. The van der Waals surface area contributed by atoms with Crippen LogP contribution in [-0.4, -0.2) is 48.0 Å². The Morgan fingerprint density at radius 3 is 2.55 bits per heavy atom. The molecule has 3 rings (SSSR count). The summed E-state index contributed by atoms with van der Waals surface area (Å²) in [5.74, 6) is 0.743. The predicted octanol–water partition coefficient (Wildman–Crippen LogP) is 3.55. The molecular formula is C21H26N2O5S. The number of hydrogen-bond acceptors (Lipinski definition) is 7. The molecule has 0 bridgehead atoms. The minimum atomic E-state index is -0.632. The number of aliphatic imine (C=N–C) groups is 1. The van der Waals surface area contributed by atoms with Crippen LogP contribution in [0.2, 0.25) is 0 Å². The summed E-state index contributed by atoms with van der Waals surface area (Å²) >= 11 is 1.39. The number of allylic oxidation sites excluding steroid dienone is 1. The molecule has 8 heteroatoms. The van der Waals surface area contributed by atoms with Crippen LogP contribution in [0.25, 0.3) is 0 Å². The lowest BCUT2D eigenvalue weighted by molar-refractivity contribution is -0.141. The van der Waals surface area contributed by atoms with Gasteiger partial charge in [-0.1, -0.05) is 31.7 Å². The fourth-order valence-electron chi connectivity index (χ4n) is 3.32. The molecular weight excluding hydrogens is 392 g/mol. The van der Waals surface area contributed by atoms with Gasteiger partial charge in [0.25, 0.3) is 0 Å². The lowest BCUT2D eigenvalue weighted by Crippen LogP contribution is -2.40. The number of amidine groups is 1. The van der Waals surface area contributed by atoms with Crippen LogP contribution in [0.1, 0.15) is 39.3 Å². The molecule has 2 heterocycles. The van der Waals surface area contributed by atoms with E-state index in [2.05, 4.69) is 4.99 Å². The number of carbonyl (C=O) groups is 2.